The maximum atomic E-state index is 12.5. The molecule has 0 aromatic heterocycles. The van der Waals surface area contributed by atoms with E-state index >= 15 is 0 Å². The third-order valence-corrected chi connectivity index (χ3v) is 4.04. The SMILES string of the molecule is OC(CC1CC2CCC1C2)C(F)(F)Cl. The molecule has 0 heterocycles. The fourth-order valence-corrected chi connectivity index (χ4v) is 3.17. The van der Waals surface area contributed by atoms with E-state index in [0.717, 1.165) is 18.8 Å². The third kappa shape index (κ3) is 2.03. The highest BCUT2D eigenvalue weighted by atomic mass is 35.5. The van der Waals surface area contributed by atoms with Crippen LogP contribution in [0.15, 0.2) is 0 Å². The molecular formula is C10H15ClF2O. The van der Waals surface area contributed by atoms with Gasteiger partial charge < -0.3 is 5.11 Å². The molecule has 0 spiro atoms. The highest BCUT2D eigenvalue weighted by Gasteiger charge is 2.44. The van der Waals surface area contributed by atoms with Crippen molar-refractivity contribution < 1.29 is 13.9 Å². The lowest BCUT2D eigenvalue weighted by Crippen LogP contribution is -2.31. The highest BCUT2D eigenvalue weighted by Crippen LogP contribution is 2.50. The van der Waals surface area contributed by atoms with Crippen molar-refractivity contribution in [3.63, 3.8) is 0 Å². The minimum Gasteiger partial charge on any atom is -0.385 e. The predicted molar refractivity (Wildman–Crippen MR) is 50.4 cm³/mol. The third-order valence-electron chi connectivity index (χ3n) is 3.79. The molecule has 0 amide bonds. The van der Waals surface area contributed by atoms with Gasteiger partial charge in [-0.25, -0.2) is 0 Å². The number of aliphatic hydroxyl groups is 1. The average Bonchev–Trinajstić information content (AvgIpc) is 2.62. The van der Waals surface area contributed by atoms with E-state index in [1.165, 1.54) is 12.8 Å². The van der Waals surface area contributed by atoms with Crippen LogP contribution in [-0.2, 0) is 0 Å². The Morgan fingerprint density at radius 2 is 2.07 bits per heavy atom. The van der Waals surface area contributed by atoms with Gasteiger partial charge in [0.05, 0.1) is 0 Å². The summed E-state index contributed by atoms with van der Waals surface area (Å²) >= 11 is 4.78. The van der Waals surface area contributed by atoms with Crippen LogP contribution in [0.3, 0.4) is 0 Å². The molecule has 4 atom stereocenters. The van der Waals surface area contributed by atoms with Crippen LogP contribution in [0.25, 0.3) is 0 Å². The Morgan fingerprint density at radius 3 is 2.50 bits per heavy atom. The summed E-state index contributed by atoms with van der Waals surface area (Å²) in [5.41, 5.74) is 0. The monoisotopic (exact) mass is 224 g/mol. The molecule has 2 aliphatic rings. The minimum absolute atomic E-state index is 0.164. The number of aliphatic hydroxyl groups excluding tert-OH is 1. The van der Waals surface area contributed by atoms with Crippen molar-refractivity contribution in [2.24, 2.45) is 17.8 Å². The number of alkyl halides is 3. The molecule has 2 bridgehead atoms. The minimum atomic E-state index is -3.46. The summed E-state index contributed by atoms with van der Waals surface area (Å²) in [5.74, 6) is 1.56. The van der Waals surface area contributed by atoms with Gasteiger partial charge in [-0.15, -0.1) is 0 Å². The summed E-state index contributed by atoms with van der Waals surface area (Å²) in [7, 11) is 0. The van der Waals surface area contributed by atoms with Crippen LogP contribution >= 0.6 is 11.6 Å². The second-order valence-electron chi connectivity index (χ2n) is 4.73. The van der Waals surface area contributed by atoms with Crippen molar-refractivity contribution in [2.75, 3.05) is 0 Å². The van der Waals surface area contributed by atoms with Gasteiger partial charge in [0, 0.05) is 0 Å². The molecule has 0 saturated heterocycles. The van der Waals surface area contributed by atoms with Gasteiger partial charge in [0.2, 0.25) is 0 Å². The summed E-state index contributed by atoms with van der Waals surface area (Å²) in [6, 6.07) is 0. The van der Waals surface area contributed by atoms with E-state index in [2.05, 4.69) is 0 Å². The fraction of sp³-hybridized carbons (Fsp3) is 1.00. The Bertz CT molecular complexity index is 217. The van der Waals surface area contributed by atoms with Gasteiger partial charge in [-0.1, -0.05) is 6.42 Å². The molecule has 0 aromatic carbocycles. The second kappa shape index (κ2) is 3.60. The van der Waals surface area contributed by atoms with Crippen molar-refractivity contribution in [1.82, 2.24) is 0 Å². The van der Waals surface area contributed by atoms with E-state index < -0.39 is 11.5 Å². The van der Waals surface area contributed by atoms with Crippen LogP contribution in [0, 0.1) is 17.8 Å². The molecule has 2 fully saturated rings. The first kappa shape index (κ1) is 10.6. The zero-order valence-corrected chi connectivity index (χ0v) is 8.68. The van der Waals surface area contributed by atoms with Gasteiger partial charge in [-0.3, -0.25) is 0 Å². The molecule has 2 rings (SSSR count). The molecule has 0 aliphatic heterocycles. The number of halogens is 3. The molecule has 1 nitrogen and oxygen atoms in total. The van der Waals surface area contributed by atoms with Gasteiger partial charge in [0.1, 0.15) is 6.10 Å². The summed E-state index contributed by atoms with van der Waals surface area (Å²) in [6.45, 7) is 0. The number of rotatable bonds is 3. The van der Waals surface area contributed by atoms with Crippen molar-refractivity contribution in [1.29, 1.82) is 0 Å². The van der Waals surface area contributed by atoms with Crippen LogP contribution in [0.1, 0.15) is 32.1 Å². The molecule has 1 N–H and O–H groups in total. The quantitative estimate of drug-likeness (QED) is 0.731. The molecule has 2 aliphatic carbocycles. The summed E-state index contributed by atoms with van der Waals surface area (Å²) in [6.07, 6.45) is 3.07. The maximum absolute atomic E-state index is 12.5. The van der Waals surface area contributed by atoms with Gasteiger partial charge in [0.15, 0.2) is 0 Å². The van der Waals surface area contributed by atoms with Crippen molar-refractivity contribution in [3.05, 3.63) is 0 Å². The summed E-state index contributed by atoms with van der Waals surface area (Å²) < 4.78 is 25.1. The maximum Gasteiger partial charge on any atom is 0.347 e. The van der Waals surface area contributed by atoms with E-state index in [-0.39, 0.29) is 12.3 Å². The first-order valence-corrected chi connectivity index (χ1v) is 5.59. The Balaban J connectivity index is 1.87. The predicted octanol–water partition coefficient (Wildman–Crippen LogP) is 3.01. The fourth-order valence-electron chi connectivity index (χ4n) is 3.09. The Kier molecular flexibility index (Phi) is 2.73. The normalized spacial score (nSPS) is 39.0. The zero-order chi connectivity index (χ0) is 10.3. The molecule has 14 heavy (non-hydrogen) atoms. The van der Waals surface area contributed by atoms with E-state index in [1.54, 1.807) is 0 Å². The highest BCUT2D eigenvalue weighted by molar-refractivity contribution is 6.22. The standard InChI is InChI=1S/C10H15ClF2O/c11-10(12,13)9(14)5-8-4-6-1-2-7(8)3-6/h6-9,14H,1-5H2. The van der Waals surface area contributed by atoms with Crippen molar-refractivity contribution in [2.45, 2.75) is 43.6 Å². The van der Waals surface area contributed by atoms with Crippen LogP contribution < -0.4 is 0 Å². The van der Waals surface area contributed by atoms with E-state index in [0.29, 0.717) is 5.92 Å². The Labute approximate surface area is 87.4 Å². The summed E-state index contributed by atoms with van der Waals surface area (Å²) in [5, 5.41) is 5.74. The van der Waals surface area contributed by atoms with Crippen LogP contribution in [0.4, 0.5) is 8.78 Å². The smallest absolute Gasteiger partial charge is 0.347 e. The molecule has 2 saturated carbocycles. The van der Waals surface area contributed by atoms with Gasteiger partial charge in [-0.05, 0) is 55.0 Å². The lowest BCUT2D eigenvalue weighted by molar-refractivity contribution is -0.0549. The molecular weight excluding hydrogens is 210 g/mol. The lowest BCUT2D eigenvalue weighted by Gasteiger charge is -2.25. The van der Waals surface area contributed by atoms with Gasteiger partial charge in [0.25, 0.3) is 0 Å². The zero-order valence-electron chi connectivity index (χ0n) is 7.93. The van der Waals surface area contributed by atoms with Crippen LogP contribution in [0.5, 0.6) is 0 Å². The van der Waals surface area contributed by atoms with Gasteiger partial charge >= 0.3 is 5.38 Å². The van der Waals surface area contributed by atoms with E-state index in [4.69, 9.17) is 11.6 Å². The molecule has 0 radical (unpaired) electrons. The number of fused-ring (bicyclic) bond motifs is 2. The summed E-state index contributed by atoms with van der Waals surface area (Å²) in [4.78, 5) is 0. The Morgan fingerprint density at radius 1 is 1.36 bits per heavy atom. The topological polar surface area (TPSA) is 20.2 Å². The largest absolute Gasteiger partial charge is 0.385 e. The molecule has 82 valence electrons. The lowest BCUT2D eigenvalue weighted by atomic mass is 9.85. The Hall–Kier alpha value is 0.110. The van der Waals surface area contributed by atoms with Gasteiger partial charge in [-0.2, -0.15) is 8.78 Å². The first-order valence-electron chi connectivity index (χ1n) is 5.21. The second-order valence-corrected chi connectivity index (χ2v) is 5.23. The van der Waals surface area contributed by atoms with Crippen molar-refractivity contribution in [3.8, 4) is 0 Å². The van der Waals surface area contributed by atoms with Crippen LogP contribution in [0.2, 0.25) is 0 Å². The van der Waals surface area contributed by atoms with Crippen molar-refractivity contribution >= 4 is 11.6 Å². The van der Waals surface area contributed by atoms with Crippen LogP contribution in [-0.4, -0.2) is 16.6 Å². The molecule has 4 heteroatoms. The van der Waals surface area contributed by atoms with E-state index in [9.17, 15) is 13.9 Å². The molecule has 4 unspecified atom stereocenters. The average molecular weight is 225 g/mol. The molecule has 0 aromatic rings. The van der Waals surface area contributed by atoms with E-state index in [1.807, 2.05) is 0 Å². The number of hydrogen-bond acceptors (Lipinski definition) is 1. The number of hydrogen-bond donors (Lipinski definition) is 1. The first-order chi connectivity index (χ1) is 6.47.